The number of nitrogens with one attached hydrogen (secondary N) is 1. The van der Waals surface area contributed by atoms with E-state index in [0.717, 1.165) is 12.2 Å². The second-order valence-corrected chi connectivity index (χ2v) is 5.83. The van der Waals surface area contributed by atoms with Gasteiger partial charge in [-0.05, 0) is 42.4 Å². The third-order valence-electron chi connectivity index (χ3n) is 3.91. The highest BCUT2D eigenvalue weighted by Crippen LogP contribution is 2.38. The molecular formula is C15H19NO. The van der Waals surface area contributed by atoms with Crippen molar-refractivity contribution in [3.05, 3.63) is 29.5 Å². The molecule has 0 fully saturated rings. The fourth-order valence-corrected chi connectivity index (χ4v) is 2.88. The SMILES string of the molecule is COc1ccc2c3c([nH]c2c1)CC(C)(C)CC3. The number of aryl methyl sites for hydroxylation is 1. The molecule has 1 aromatic heterocycles. The van der Waals surface area contributed by atoms with Crippen LogP contribution in [0.25, 0.3) is 10.9 Å². The largest absolute Gasteiger partial charge is 0.497 e. The molecule has 1 aromatic carbocycles. The van der Waals surface area contributed by atoms with Gasteiger partial charge >= 0.3 is 0 Å². The number of ether oxygens (including phenoxy) is 1. The molecule has 0 atom stereocenters. The van der Waals surface area contributed by atoms with Crippen LogP contribution < -0.4 is 4.74 Å². The van der Waals surface area contributed by atoms with E-state index in [-0.39, 0.29) is 0 Å². The van der Waals surface area contributed by atoms with E-state index in [2.05, 4.69) is 37.0 Å². The van der Waals surface area contributed by atoms with E-state index >= 15 is 0 Å². The molecule has 2 heteroatoms. The number of aromatic amines is 1. The van der Waals surface area contributed by atoms with Crippen LogP contribution in [0.5, 0.6) is 5.75 Å². The van der Waals surface area contributed by atoms with Crippen LogP contribution in [0.3, 0.4) is 0 Å². The summed E-state index contributed by atoms with van der Waals surface area (Å²) in [5.41, 5.74) is 4.58. The van der Waals surface area contributed by atoms with Crippen molar-refractivity contribution in [2.75, 3.05) is 7.11 Å². The van der Waals surface area contributed by atoms with Crippen LogP contribution in [0.1, 0.15) is 31.5 Å². The Labute approximate surface area is 102 Å². The molecular weight excluding hydrogens is 210 g/mol. The quantitative estimate of drug-likeness (QED) is 0.792. The maximum absolute atomic E-state index is 5.28. The van der Waals surface area contributed by atoms with E-state index in [1.54, 1.807) is 7.11 Å². The van der Waals surface area contributed by atoms with Crippen molar-refractivity contribution in [2.45, 2.75) is 33.1 Å². The van der Waals surface area contributed by atoms with Gasteiger partial charge in [0.1, 0.15) is 5.75 Å². The summed E-state index contributed by atoms with van der Waals surface area (Å²) in [7, 11) is 1.72. The Morgan fingerprint density at radius 1 is 1.29 bits per heavy atom. The molecule has 1 aliphatic rings. The van der Waals surface area contributed by atoms with Gasteiger partial charge < -0.3 is 9.72 Å². The van der Waals surface area contributed by atoms with Crippen LogP contribution in [0.4, 0.5) is 0 Å². The summed E-state index contributed by atoms with van der Waals surface area (Å²) in [4.78, 5) is 3.57. The number of hydrogen-bond donors (Lipinski definition) is 1. The molecule has 0 amide bonds. The number of rotatable bonds is 1. The highest BCUT2D eigenvalue weighted by Gasteiger charge is 2.27. The maximum atomic E-state index is 5.28. The molecule has 1 heterocycles. The summed E-state index contributed by atoms with van der Waals surface area (Å²) >= 11 is 0. The van der Waals surface area contributed by atoms with Crippen molar-refractivity contribution < 1.29 is 4.74 Å². The van der Waals surface area contributed by atoms with Gasteiger partial charge in [-0.1, -0.05) is 13.8 Å². The highest BCUT2D eigenvalue weighted by molar-refractivity contribution is 5.86. The number of benzene rings is 1. The first-order chi connectivity index (χ1) is 8.09. The molecule has 17 heavy (non-hydrogen) atoms. The van der Waals surface area contributed by atoms with Crippen LogP contribution in [0.15, 0.2) is 18.2 Å². The van der Waals surface area contributed by atoms with Gasteiger partial charge in [-0.15, -0.1) is 0 Å². The minimum atomic E-state index is 0.429. The molecule has 1 aliphatic carbocycles. The van der Waals surface area contributed by atoms with Crippen LogP contribution >= 0.6 is 0 Å². The molecule has 0 unspecified atom stereocenters. The van der Waals surface area contributed by atoms with Crippen LogP contribution in [0.2, 0.25) is 0 Å². The van der Waals surface area contributed by atoms with Gasteiger partial charge in [-0.2, -0.15) is 0 Å². The Bertz CT molecular complexity index is 566. The highest BCUT2D eigenvalue weighted by atomic mass is 16.5. The minimum Gasteiger partial charge on any atom is -0.497 e. The third kappa shape index (κ3) is 1.72. The van der Waals surface area contributed by atoms with E-state index in [4.69, 9.17) is 4.74 Å². The standard InChI is InChI=1S/C15H19NO/c1-15(2)7-6-12-11-5-4-10(17-3)8-13(11)16-14(12)9-15/h4-5,8,16H,6-7,9H2,1-3H3. The van der Waals surface area contributed by atoms with E-state index in [0.29, 0.717) is 5.41 Å². The predicted octanol–water partition coefficient (Wildman–Crippen LogP) is 3.69. The van der Waals surface area contributed by atoms with Gasteiger partial charge in [0.25, 0.3) is 0 Å². The summed E-state index contributed by atoms with van der Waals surface area (Å²) in [6.07, 6.45) is 3.62. The summed E-state index contributed by atoms with van der Waals surface area (Å²) in [5.74, 6) is 0.926. The number of fused-ring (bicyclic) bond motifs is 3. The van der Waals surface area contributed by atoms with Crippen molar-refractivity contribution in [3.8, 4) is 5.75 Å². The lowest BCUT2D eigenvalue weighted by Crippen LogP contribution is -2.21. The van der Waals surface area contributed by atoms with Crippen molar-refractivity contribution in [2.24, 2.45) is 5.41 Å². The van der Waals surface area contributed by atoms with Crippen LogP contribution in [0, 0.1) is 5.41 Å². The zero-order chi connectivity index (χ0) is 12.0. The smallest absolute Gasteiger partial charge is 0.120 e. The summed E-state index contributed by atoms with van der Waals surface area (Å²) in [6, 6.07) is 6.33. The van der Waals surface area contributed by atoms with Crippen molar-refractivity contribution in [1.29, 1.82) is 0 Å². The first-order valence-corrected chi connectivity index (χ1v) is 6.26. The van der Waals surface area contributed by atoms with E-state index < -0.39 is 0 Å². The second kappa shape index (κ2) is 3.52. The molecule has 3 rings (SSSR count). The zero-order valence-corrected chi connectivity index (χ0v) is 10.8. The molecule has 0 saturated heterocycles. The van der Waals surface area contributed by atoms with Gasteiger partial charge in [0.05, 0.1) is 7.11 Å². The van der Waals surface area contributed by atoms with Crippen molar-refractivity contribution >= 4 is 10.9 Å². The summed E-state index contributed by atoms with van der Waals surface area (Å²) < 4.78 is 5.28. The summed E-state index contributed by atoms with van der Waals surface area (Å²) in [6.45, 7) is 4.70. The normalized spacial score (nSPS) is 18.1. The Morgan fingerprint density at radius 3 is 2.88 bits per heavy atom. The first kappa shape index (κ1) is 10.7. The number of aromatic nitrogens is 1. The monoisotopic (exact) mass is 229 g/mol. The molecule has 90 valence electrons. The molecule has 0 aliphatic heterocycles. The lowest BCUT2D eigenvalue weighted by atomic mass is 9.76. The average molecular weight is 229 g/mol. The molecule has 0 saturated carbocycles. The number of H-pyrrole nitrogens is 1. The molecule has 0 bridgehead atoms. The number of methoxy groups -OCH3 is 1. The van der Waals surface area contributed by atoms with Gasteiger partial charge in [0.2, 0.25) is 0 Å². The van der Waals surface area contributed by atoms with Gasteiger partial charge in [-0.25, -0.2) is 0 Å². The van der Waals surface area contributed by atoms with Crippen LogP contribution in [-0.4, -0.2) is 12.1 Å². The minimum absolute atomic E-state index is 0.429. The Morgan fingerprint density at radius 2 is 2.12 bits per heavy atom. The lowest BCUT2D eigenvalue weighted by Gasteiger charge is -2.29. The molecule has 2 nitrogen and oxygen atoms in total. The molecule has 0 spiro atoms. The van der Waals surface area contributed by atoms with E-state index in [9.17, 15) is 0 Å². The number of hydrogen-bond acceptors (Lipinski definition) is 1. The summed E-state index contributed by atoms with van der Waals surface area (Å²) in [5, 5.41) is 1.37. The van der Waals surface area contributed by atoms with Crippen LogP contribution in [-0.2, 0) is 12.8 Å². The van der Waals surface area contributed by atoms with Crippen molar-refractivity contribution in [1.82, 2.24) is 4.98 Å². The fourth-order valence-electron chi connectivity index (χ4n) is 2.88. The predicted molar refractivity (Wildman–Crippen MR) is 70.7 cm³/mol. The Hall–Kier alpha value is -1.44. The molecule has 0 radical (unpaired) electrons. The Kier molecular flexibility index (Phi) is 2.22. The first-order valence-electron chi connectivity index (χ1n) is 6.26. The average Bonchev–Trinajstić information content (AvgIpc) is 2.63. The van der Waals surface area contributed by atoms with Gasteiger partial charge in [0.15, 0.2) is 0 Å². The van der Waals surface area contributed by atoms with Crippen molar-refractivity contribution in [3.63, 3.8) is 0 Å². The lowest BCUT2D eigenvalue weighted by molar-refractivity contribution is 0.313. The zero-order valence-electron chi connectivity index (χ0n) is 10.8. The van der Waals surface area contributed by atoms with E-state index in [1.807, 2.05) is 0 Å². The molecule has 1 N–H and O–H groups in total. The van der Waals surface area contributed by atoms with Gasteiger partial charge in [0, 0.05) is 22.7 Å². The third-order valence-corrected chi connectivity index (χ3v) is 3.91. The second-order valence-electron chi connectivity index (χ2n) is 5.83. The Balaban J connectivity index is 2.14. The maximum Gasteiger partial charge on any atom is 0.120 e. The topological polar surface area (TPSA) is 25.0 Å². The fraction of sp³-hybridized carbons (Fsp3) is 0.467. The molecule has 2 aromatic rings. The van der Waals surface area contributed by atoms with E-state index in [1.165, 1.54) is 35.0 Å². The van der Waals surface area contributed by atoms with Gasteiger partial charge in [-0.3, -0.25) is 0 Å².